The van der Waals surface area contributed by atoms with Crippen LogP contribution in [0.2, 0.25) is 0 Å². The van der Waals surface area contributed by atoms with Gasteiger partial charge in [-0.05, 0) is 29.8 Å². The molecule has 0 radical (unpaired) electrons. The second-order valence-electron chi connectivity index (χ2n) is 6.98. The molecule has 4 atom stereocenters. The van der Waals surface area contributed by atoms with Crippen molar-refractivity contribution in [2.45, 2.75) is 23.9 Å². The molecule has 2 aromatic rings. The van der Waals surface area contributed by atoms with Crippen LogP contribution < -0.4 is 0 Å². The number of Topliss-reactive ketones (excluding diaryl/α,β-unsaturated/α-hetero) is 1. The first-order valence-corrected chi connectivity index (χ1v) is 8.33. The molecule has 2 aromatic carbocycles. The Morgan fingerprint density at radius 2 is 1.73 bits per heavy atom. The number of rotatable bonds is 0. The van der Waals surface area contributed by atoms with Crippen molar-refractivity contribution in [2.75, 3.05) is 0 Å². The predicted molar refractivity (Wildman–Crippen MR) is 87.3 cm³/mol. The molecule has 2 N–H and O–H groups in total. The third kappa shape index (κ3) is 1.42. The van der Waals surface area contributed by atoms with E-state index < -0.39 is 17.8 Å². The topological polar surface area (TPSA) is 96.4 Å². The fourth-order valence-electron chi connectivity index (χ4n) is 4.56. The normalized spacial score (nSPS) is 32.4. The number of hydrogen-bond acceptors (Lipinski definition) is 6. The zero-order chi connectivity index (χ0) is 17.8. The minimum absolute atomic E-state index is 0.0969. The second kappa shape index (κ2) is 4.23. The van der Waals surface area contributed by atoms with Gasteiger partial charge < -0.3 is 19.7 Å². The fraction of sp³-hybridized carbons (Fsp3) is 0.200. The van der Waals surface area contributed by atoms with Crippen LogP contribution in [0.1, 0.15) is 43.5 Å². The summed E-state index contributed by atoms with van der Waals surface area (Å²) < 4.78 is 11.9. The average Bonchev–Trinajstić information content (AvgIpc) is 3.36. The summed E-state index contributed by atoms with van der Waals surface area (Å²) >= 11 is 0. The molecule has 4 aliphatic rings. The Morgan fingerprint density at radius 1 is 0.923 bits per heavy atom. The predicted octanol–water partition coefficient (Wildman–Crippen LogP) is 2.13. The van der Waals surface area contributed by atoms with Crippen molar-refractivity contribution >= 4 is 11.6 Å². The summed E-state index contributed by atoms with van der Waals surface area (Å²) in [5.41, 5.74) is 1.14. The molecule has 0 amide bonds. The highest BCUT2D eigenvalue weighted by atomic mass is 16.6. The number of ether oxygens (including phenoxy) is 2. The van der Waals surface area contributed by atoms with E-state index in [4.69, 9.17) is 9.47 Å². The highest BCUT2D eigenvalue weighted by Crippen LogP contribution is 2.60. The van der Waals surface area contributed by atoms with E-state index in [1.165, 1.54) is 18.2 Å². The van der Waals surface area contributed by atoms with E-state index in [2.05, 4.69) is 0 Å². The Labute approximate surface area is 147 Å². The minimum Gasteiger partial charge on any atom is -0.507 e. The number of phenols is 2. The standard InChI is InChI=1S/C20H12O6/c21-10-3-1-2-8-13(10)12(23)6-7-20(8)9-4-5-11(22)15-14(9)17(26-20)19-18(25-19)16(15)24/h1-7,17-19,21-22H/t17-,18+,19-,20+/m1/s1. The molecule has 0 saturated carbocycles. The first kappa shape index (κ1) is 14.2. The molecule has 2 heterocycles. The zero-order valence-corrected chi connectivity index (χ0v) is 13.3. The average molecular weight is 348 g/mol. The van der Waals surface area contributed by atoms with Crippen LogP contribution in [-0.2, 0) is 15.1 Å². The van der Waals surface area contributed by atoms with Gasteiger partial charge in [0.15, 0.2) is 17.7 Å². The van der Waals surface area contributed by atoms with E-state index in [0.717, 1.165) is 0 Å². The molecular weight excluding hydrogens is 336 g/mol. The van der Waals surface area contributed by atoms with Crippen LogP contribution >= 0.6 is 0 Å². The minimum atomic E-state index is -1.11. The number of carbonyl (C=O) groups excluding carboxylic acids is 2. The summed E-state index contributed by atoms with van der Waals surface area (Å²) in [6.07, 6.45) is 1.54. The molecule has 2 aliphatic heterocycles. The lowest BCUT2D eigenvalue weighted by molar-refractivity contribution is -0.0320. The molecule has 6 heteroatoms. The number of fused-ring (bicyclic) bond motifs is 5. The number of epoxide rings is 1. The summed E-state index contributed by atoms with van der Waals surface area (Å²) in [5.74, 6) is -0.758. The highest BCUT2D eigenvalue weighted by Gasteiger charge is 2.63. The van der Waals surface area contributed by atoms with Crippen LogP contribution in [0.4, 0.5) is 0 Å². The highest BCUT2D eigenvalue weighted by molar-refractivity contribution is 6.10. The van der Waals surface area contributed by atoms with Gasteiger partial charge in [0.05, 0.1) is 11.1 Å². The molecule has 2 aliphatic carbocycles. The van der Waals surface area contributed by atoms with Crippen molar-refractivity contribution in [2.24, 2.45) is 0 Å². The molecule has 0 aromatic heterocycles. The van der Waals surface area contributed by atoms with Crippen LogP contribution in [0, 0.1) is 0 Å². The number of hydrogen-bond donors (Lipinski definition) is 2. The van der Waals surface area contributed by atoms with Crippen molar-refractivity contribution in [3.63, 3.8) is 0 Å². The molecule has 0 unspecified atom stereocenters. The van der Waals surface area contributed by atoms with Gasteiger partial charge in [-0.25, -0.2) is 0 Å². The SMILES string of the molecule is O=C1C=C[C@]2(O[C@@H]3c4c2ccc(O)c4C(=O)[C@@H]2O[C@H]32)c2cccc(O)c21. The Hall–Kier alpha value is -2.96. The van der Waals surface area contributed by atoms with Gasteiger partial charge in [-0.3, -0.25) is 9.59 Å². The summed E-state index contributed by atoms with van der Waals surface area (Å²) in [7, 11) is 0. The van der Waals surface area contributed by atoms with Gasteiger partial charge in [-0.15, -0.1) is 0 Å². The van der Waals surface area contributed by atoms with Crippen LogP contribution in [0.15, 0.2) is 42.5 Å². The molecule has 6 nitrogen and oxygen atoms in total. The van der Waals surface area contributed by atoms with E-state index in [1.54, 1.807) is 24.3 Å². The number of aromatic hydroxyl groups is 2. The first-order valence-electron chi connectivity index (χ1n) is 8.33. The maximum absolute atomic E-state index is 12.6. The Kier molecular flexibility index (Phi) is 2.31. The lowest BCUT2D eigenvalue weighted by Gasteiger charge is -2.32. The van der Waals surface area contributed by atoms with Gasteiger partial charge in [0, 0.05) is 11.1 Å². The number of phenolic OH excluding ortho intramolecular Hbond substituents is 2. The largest absolute Gasteiger partial charge is 0.507 e. The molecular formula is C20H12O6. The van der Waals surface area contributed by atoms with Crippen LogP contribution in [-0.4, -0.2) is 34.0 Å². The summed E-state index contributed by atoms with van der Waals surface area (Å²) in [4.78, 5) is 24.9. The summed E-state index contributed by atoms with van der Waals surface area (Å²) in [6.45, 7) is 0. The molecule has 128 valence electrons. The molecule has 1 saturated heterocycles. The lowest BCUT2D eigenvalue weighted by atomic mass is 9.76. The van der Waals surface area contributed by atoms with Crippen molar-refractivity contribution < 1.29 is 29.3 Å². The monoisotopic (exact) mass is 348 g/mol. The molecule has 1 spiro atoms. The fourth-order valence-corrected chi connectivity index (χ4v) is 4.56. The Bertz CT molecular complexity index is 1080. The molecule has 0 bridgehead atoms. The van der Waals surface area contributed by atoms with Crippen molar-refractivity contribution in [3.8, 4) is 11.5 Å². The van der Waals surface area contributed by atoms with Gasteiger partial charge in [-0.1, -0.05) is 18.2 Å². The number of carbonyl (C=O) groups is 2. The van der Waals surface area contributed by atoms with E-state index in [-0.39, 0.29) is 40.3 Å². The maximum atomic E-state index is 12.6. The van der Waals surface area contributed by atoms with E-state index >= 15 is 0 Å². The number of ketones is 2. The van der Waals surface area contributed by atoms with Crippen LogP contribution in [0.3, 0.4) is 0 Å². The third-order valence-corrected chi connectivity index (χ3v) is 5.71. The second-order valence-corrected chi connectivity index (χ2v) is 6.98. The maximum Gasteiger partial charge on any atom is 0.198 e. The number of allylic oxidation sites excluding steroid dienone is 1. The molecule has 6 rings (SSSR count). The van der Waals surface area contributed by atoms with Gasteiger partial charge in [0.2, 0.25) is 0 Å². The van der Waals surface area contributed by atoms with Gasteiger partial charge in [0.1, 0.15) is 29.3 Å². The quantitative estimate of drug-likeness (QED) is 0.708. The Morgan fingerprint density at radius 3 is 2.58 bits per heavy atom. The van der Waals surface area contributed by atoms with Crippen LogP contribution in [0.25, 0.3) is 0 Å². The van der Waals surface area contributed by atoms with Crippen LogP contribution in [0.5, 0.6) is 11.5 Å². The zero-order valence-electron chi connectivity index (χ0n) is 13.3. The van der Waals surface area contributed by atoms with Crippen molar-refractivity contribution in [1.82, 2.24) is 0 Å². The summed E-state index contributed by atoms with van der Waals surface area (Å²) in [5, 5.41) is 20.5. The van der Waals surface area contributed by atoms with Gasteiger partial charge in [-0.2, -0.15) is 0 Å². The smallest absolute Gasteiger partial charge is 0.198 e. The van der Waals surface area contributed by atoms with E-state index in [9.17, 15) is 19.8 Å². The Balaban J connectivity index is 1.70. The van der Waals surface area contributed by atoms with E-state index in [0.29, 0.717) is 16.7 Å². The van der Waals surface area contributed by atoms with Crippen molar-refractivity contribution in [1.29, 1.82) is 0 Å². The molecule has 1 fully saturated rings. The third-order valence-electron chi connectivity index (χ3n) is 5.71. The van der Waals surface area contributed by atoms with Crippen molar-refractivity contribution in [3.05, 3.63) is 70.3 Å². The summed E-state index contributed by atoms with van der Waals surface area (Å²) in [6, 6.07) is 8.02. The van der Waals surface area contributed by atoms with E-state index in [1.807, 2.05) is 0 Å². The lowest BCUT2D eigenvalue weighted by Crippen LogP contribution is -2.31. The molecule has 26 heavy (non-hydrogen) atoms. The number of benzene rings is 2. The first-order chi connectivity index (χ1) is 12.5. The van der Waals surface area contributed by atoms with Gasteiger partial charge >= 0.3 is 0 Å². The van der Waals surface area contributed by atoms with Gasteiger partial charge in [0.25, 0.3) is 0 Å².